The van der Waals surface area contributed by atoms with Crippen molar-refractivity contribution in [1.29, 1.82) is 0 Å². The van der Waals surface area contributed by atoms with E-state index < -0.39 is 0 Å². The molecule has 130 valence electrons. The normalized spacial score (nSPS) is 16.3. The zero-order valence-electron chi connectivity index (χ0n) is 14.9. The number of carbonyl (C=O) groups excluding carboxylic acids is 1. The maximum absolute atomic E-state index is 12.0. The predicted octanol–water partition coefficient (Wildman–Crippen LogP) is 2.66. The Bertz CT molecular complexity index is 288. The Kier molecular flexibility index (Phi) is 10.2. The van der Waals surface area contributed by atoms with Crippen LogP contribution in [0.4, 0.5) is 4.79 Å². The minimum absolute atomic E-state index is 0.141. The minimum atomic E-state index is -0.141. The molecule has 0 aromatic carbocycles. The Morgan fingerprint density at radius 1 is 1.00 bits per heavy atom. The summed E-state index contributed by atoms with van der Waals surface area (Å²) < 4.78 is 5.39. The maximum Gasteiger partial charge on any atom is 0.409 e. The van der Waals surface area contributed by atoms with E-state index in [9.17, 15) is 4.79 Å². The van der Waals surface area contributed by atoms with Gasteiger partial charge in [-0.3, -0.25) is 4.90 Å². The van der Waals surface area contributed by atoms with Crippen molar-refractivity contribution in [2.24, 2.45) is 0 Å². The van der Waals surface area contributed by atoms with Crippen LogP contribution in [0.3, 0.4) is 0 Å². The molecule has 0 aromatic rings. The molecule has 0 radical (unpaired) electrons. The van der Waals surface area contributed by atoms with E-state index in [0.29, 0.717) is 6.61 Å². The van der Waals surface area contributed by atoms with Crippen LogP contribution in [0.2, 0.25) is 0 Å². The van der Waals surface area contributed by atoms with Crippen molar-refractivity contribution in [3.63, 3.8) is 0 Å². The molecule has 5 nitrogen and oxygen atoms in total. The molecule has 1 heterocycles. The van der Waals surface area contributed by atoms with Crippen LogP contribution in [0.15, 0.2) is 0 Å². The van der Waals surface area contributed by atoms with Crippen LogP contribution in [0.1, 0.15) is 46.5 Å². The molecular weight excluding hydrogens is 278 g/mol. The lowest BCUT2D eigenvalue weighted by Crippen LogP contribution is -2.49. The Morgan fingerprint density at radius 2 is 1.68 bits per heavy atom. The predicted molar refractivity (Wildman–Crippen MR) is 91.3 cm³/mol. The third-order valence-corrected chi connectivity index (χ3v) is 4.49. The topological polar surface area (TPSA) is 36.0 Å². The highest BCUT2D eigenvalue weighted by Gasteiger charge is 2.21. The summed E-state index contributed by atoms with van der Waals surface area (Å²) in [4.78, 5) is 18.6. The van der Waals surface area contributed by atoms with Gasteiger partial charge in [0.05, 0.1) is 0 Å². The number of unbranched alkanes of at least 4 members (excludes halogenated alkanes) is 3. The van der Waals surface area contributed by atoms with Gasteiger partial charge in [-0.2, -0.15) is 0 Å². The number of hydrogen-bond donors (Lipinski definition) is 0. The van der Waals surface area contributed by atoms with Gasteiger partial charge in [0.1, 0.15) is 6.61 Å². The highest BCUT2D eigenvalue weighted by atomic mass is 16.6. The molecule has 0 unspecified atom stereocenters. The average molecular weight is 313 g/mol. The van der Waals surface area contributed by atoms with E-state index in [2.05, 4.69) is 30.6 Å². The third-order valence-electron chi connectivity index (χ3n) is 4.49. The van der Waals surface area contributed by atoms with Gasteiger partial charge < -0.3 is 14.5 Å². The summed E-state index contributed by atoms with van der Waals surface area (Å²) >= 11 is 0. The molecule has 0 spiro atoms. The van der Waals surface area contributed by atoms with Crippen LogP contribution < -0.4 is 0 Å². The van der Waals surface area contributed by atoms with E-state index in [4.69, 9.17) is 4.74 Å². The van der Waals surface area contributed by atoms with E-state index in [0.717, 1.165) is 45.8 Å². The van der Waals surface area contributed by atoms with Gasteiger partial charge in [0, 0.05) is 32.7 Å². The number of hydrogen-bond acceptors (Lipinski definition) is 4. The van der Waals surface area contributed by atoms with Gasteiger partial charge in [-0.1, -0.05) is 40.0 Å². The number of carbonyl (C=O) groups is 1. The monoisotopic (exact) mass is 313 g/mol. The van der Waals surface area contributed by atoms with E-state index in [1.807, 2.05) is 4.90 Å². The average Bonchev–Trinajstić information content (AvgIpc) is 2.56. The van der Waals surface area contributed by atoms with E-state index >= 15 is 0 Å². The highest BCUT2D eigenvalue weighted by Crippen LogP contribution is 2.07. The van der Waals surface area contributed by atoms with Crippen LogP contribution in [0.25, 0.3) is 0 Å². The van der Waals surface area contributed by atoms with Crippen molar-refractivity contribution in [3.8, 4) is 0 Å². The van der Waals surface area contributed by atoms with Crippen molar-refractivity contribution in [2.75, 3.05) is 59.0 Å². The van der Waals surface area contributed by atoms with Gasteiger partial charge in [-0.05, 0) is 26.1 Å². The number of amides is 1. The van der Waals surface area contributed by atoms with Gasteiger partial charge in [-0.25, -0.2) is 4.79 Å². The Morgan fingerprint density at radius 3 is 2.27 bits per heavy atom. The first kappa shape index (κ1) is 19.2. The molecule has 1 fully saturated rings. The molecule has 1 rings (SSSR count). The summed E-state index contributed by atoms with van der Waals surface area (Å²) in [6.07, 6.45) is 5.08. The number of rotatable bonds is 10. The van der Waals surface area contributed by atoms with Crippen LogP contribution in [0.5, 0.6) is 0 Å². The lowest BCUT2D eigenvalue weighted by Gasteiger charge is -2.34. The third kappa shape index (κ3) is 7.45. The van der Waals surface area contributed by atoms with Gasteiger partial charge in [-0.15, -0.1) is 0 Å². The van der Waals surface area contributed by atoms with Crippen molar-refractivity contribution in [1.82, 2.24) is 14.7 Å². The quantitative estimate of drug-likeness (QED) is 0.581. The summed E-state index contributed by atoms with van der Waals surface area (Å²) in [7, 11) is 0. The second kappa shape index (κ2) is 11.7. The molecule has 0 aliphatic carbocycles. The molecule has 1 saturated heterocycles. The smallest absolute Gasteiger partial charge is 0.409 e. The van der Waals surface area contributed by atoms with Crippen molar-refractivity contribution in [2.45, 2.75) is 46.5 Å². The van der Waals surface area contributed by atoms with E-state index in [-0.39, 0.29) is 6.09 Å². The lowest BCUT2D eigenvalue weighted by atomic mass is 10.2. The van der Waals surface area contributed by atoms with Gasteiger partial charge in [0.25, 0.3) is 0 Å². The van der Waals surface area contributed by atoms with Crippen LogP contribution in [-0.2, 0) is 4.74 Å². The number of nitrogens with zero attached hydrogens (tertiary/aromatic N) is 3. The summed E-state index contributed by atoms with van der Waals surface area (Å²) in [5, 5.41) is 0. The Hall–Kier alpha value is -0.810. The highest BCUT2D eigenvalue weighted by molar-refractivity contribution is 5.67. The second-order valence-corrected chi connectivity index (χ2v) is 6.03. The SMILES string of the molecule is CCCCCCN1CCN(C(=O)OCCN(CC)CC)CC1. The molecule has 0 bridgehead atoms. The number of likely N-dealkylation sites (N-methyl/N-ethyl adjacent to an activating group) is 1. The first-order valence-electron chi connectivity index (χ1n) is 9.07. The molecule has 5 heteroatoms. The molecular formula is C17H35N3O2. The molecule has 0 aromatic heterocycles. The molecule has 1 aliphatic heterocycles. The lowest BCUT2D eigenvalue weighted by molar-refractivity contribution is 0.0692. The summed E-state index contributed by atoms with van der Waals surface area (Å²) in [6.45, 7) is 14.6. The Labute approximate surface area is 136 Å². The molecule has 1 aliphatic rings. The minimum Gasteiger partial charge on any atom is -0.448 e. The zero-order chi connectivity index (χ0) is 16.2. The first-order chi connectivity index (χ1) is 10.7. The molecule has 0 saturated carbocycles. The zero-order valence-corrected chi connectivity index (χ0v) is 14.9. The summed E-state index contributed by atoms with van der Waals surface area (Å²) in [5.74, 6) is 0. The fourth-order valence-electron chi connectivity index (χ4n) is 2.81. The molecule has 22 heavy (non-hydrogen) atoms. The van der Waals surface area contributed by atoms with Crippen molar-refractivity contribution in [3.05, 3.63) is 0 Å². The standard InChI is InChI=1S/C17H35N3O2/c1-4-7-8-9-10-19-11-13-20(14-12-19)17(21)22-16-15-18(5-2)6-3/h4-16H2,1-3H3. The summed E-state index contributed by atoms with van der Waals surface area (Å²) in [5.41, 5.74) is 0. The maximum atomic E-state index is 12.0. The Balaban J connectivity index is 2.11. The molecule has 0 N–H and O–H groups in total. The van der Waals surface area contributed by atoms with Crippen LogP contribution >= 0.6 is 0 Å². The number of ether oxygens (including phenoxy) is 1. The van der Waals surface area contributed by atoms with E-state index in [1.54, 1.807) is 0 Å². The van der Waals surface area contributed by atoms with Gasteiger partial charge >= 0.3 is 6.09 Å². The van der Waals surface area contributed by atoms with E-state index in [1.165, 1.54) is 32.2 Å². The van der Waals surface area contributed by atoms with Crippen LogP contribution in [0, 0.1) is 0 Å². The molecule has 1 amide bonds. The largest absolute Gasteiger partial charge is 0.448 e. The number of piperazine rings is 1. The van der Waals surface area contributed by atoms with Crippen LogP contribution in [-0.4, -0.2) is 79.8 Å². The van der Waals surface area contributed by atoms with Crippen molar-refractivity contribution >= 4 is 6.09 Å². The summed E-state index contributed by atoms with van der Waals surface area (Å²) in [6, 6.07) is 0. The van der Waals surface area contributed by atoms with Gasteiger partial charge in [0.2, 0.25) is 0 Å². The fourth-order valence-corrected chi connectivity index (χ4v) is 2.81. The van der Waals surface area contributed by atoms with Crippen molar-refractivity contribution < 1.29 is 9.53 Å². The molecule has 0 atom stereocenters. The second-order valence-electron chi connectivity index (χ2n) is 6.03. The first-order valence-corrected chi connectivity index (χ1v) is 9.07. The fraction of sp³-hybridized carbons (Fsp3) is 0.941. The van der Waals surface area contributed by atoms with Gasteiger partial charge in [0.15, 0.2) is 0 Å².